The second-order valence-corrected chi connectivity index (χ2v) is 8.62. The summed E-state index contributed by atoms with van der Waals surface area (Å²) < 4.78 is 4.90. The number of ether oxygens (including phenoxy) is 1. The van der Waals surface area contributed by atoms with E-state index in [1.165, 1.54) is 12.1 Å². The minimum Gasteiger partial charge on any atom is -0.454 e. The van der Waals surface area contributed by atoms with Crippen LogP contribution in [0.15, 0.2) is 12.1 Å². The van der Waals surface area contributed by atoms with Crippen LogP contribution in [0.25, 0.3) is 0 Å². The molecule has 1 spiro atoms. The van der Waals surface area contributed by atoms with Gasteiger partial charge in [0, 0.05) is 0 Å². The van der Waals surface area contributed by atoms with Crippen molar-refractivity contribution in [2.45, 2.75) is 38.1 Å². The van der Waals surface area contributed by atoms with Gasteiger partial charge in [0.2, 0.25) is 0 Å². The van der Waals surface area contributed by atoms with E-state index in [9.17, 15) is 19.2 Å². The lowest BCUT2D eigenvalue weighted by atomic mass is 9.73. The normalized spacial score (nSPS) is 23.5. The lowest BCUT2D eigenvalue weighted by Gasteiger charge is -2.36. The highest BCUT2D eigenvalue weighted by Gasteiger charge is 2.55. The van der Waals surface area contributed by atoms with Gasteiger partial charge in [0.25, 0.3) is 11.8 Å². The quantitative estimate of drug-likeness (QED) is 0.384. The van der Waals surface area contributed by atoms with Crippen LogP contribution >= 0.6 is 34.8 Å². The molecule has 1 aromatic carbocycles. The molecule has 0 radical (unpaired) electrons. The maximum absolute atomic E-state index is 12.8. The first-order valence-corrected chi connectivity index (χ1v) is 10.5. The molecule has 11 heteroatoms. The van der Waals surface area contributed by atoms with E-state index in [-0.39, 0.29) is 26.7 Å². The fourth-order valence-electron chi connectivity index (χ4n) is 3.76. The molecule has 3 rings (SSSR count). The van der Waals surface area contributed by atoms with E-state index in [1.54, 1.807) is 0 Å². The first-order valence-electron chi connectivity index (χ1n) is 9.38. The van der Waals surface area contributed by atoms with E-state index in [0.717, 1.165) is 24.2 Å². The third-order valence-electron chi connectivity index (χ3n) is 5.44. The van der Waals surface area contributed by atoms with Crippen molar-refractivity contribution in [2.24, 2.45) is 5.92 Å². The summed E-state index contributed by atoms with van der Waals surface area (Å²) in [5, 5.41) is 5.78. The summed E-state index contributed by atoms with van der Waals surface area (Å²) in [6.07, 6.45) is 3.18. The van der Waals surface area contributed by atoms with Crippen LogP contribution in [0, 0.1) is 5.92 Å². The van der Waals surface area contributed by atoms with Crippen molar-refractivity contribution in [3.05, 3.63) is 27.2 Å². The monoisotopic (exact) mass is 475 g/mol. The topological polar surface area (TPSA) is 105 Å². The van der Waals surface area contributed by atoms with Gasteiger partial charge in [-0.3, -0.25) is 19.3 Å². The molecule has 8 nitrogen and oxygen atoms in total. The van der Waals surface area contributed by atoms with Crippen molar-refractivity contribution in [2.75, 3.05) is 18.5 Å². The number of imide groups is 1. The Labute approximate surface area is 188 Å². The summed E-state index contributed by atoms with van der Waals surface area (Å²) in [6, 6.07) is 2.11. The van der Waals surface area contributed by atoms with Crippen LogP contribution in [0.5, 0.6) is 0 Å². The molecule has 1 aromatic rings. The number of rotatable bonds is 5. The summed E-state index contributed by atoms with van der Waals surface area (Å²) in [5.41, 5.74) is -0.758. The number of halogens is 3. The Hall–Kier alpha value is -2.03. The molecule has 4 amide bonds. The van der Waals surface area contributed by atoms with Crippen molar-refractivity contribution in [1.82, 2.24) is 10.2 Å². The number of anilines is 1. The number of hydrogen-bond donors (Lipinski definition) is 2. The van der Waals surface area contributed by atoms with E-state index in [0.29, 0.717) is 6.42 Å². The van der Waals surface area contributed by atoms with Crippen molar-refractivity contribution >= 4 is 64.3 Å². The Morgan fingerprint density at radius 1 is 1.20 bits per heavy atom. The number of amides is 4. The lowest BCUT2D eigenvalue weighted by molar-refractivity contribution is -0.150. The number of hydrogen-bond acceptors (Lipinski definition) is 5. The Balaban J connectivity index is 1.54. The van der Waals surface area contributed by atoms with Crippen LogP contribution in [0.3, 0.4) is 0 Å². The second kappa shape index (κ2) is 8.99. The number of esters is 1. The zero-order valence-corrected chi connectivity index (χ0v) is 18.4. The van der Waals surface area contributed by atoms with E-state index in [2.05, 4.69) is 10.6 Å². The van der Waals surface area contributed by atoms with Gasteiger partial charge < -0.3 is 15.4 Å². The number of benzene rings is 1. The third kappa shape index (κ3) is 4.50. The van der Waals surface area contributed by atoms with Crippen LogP contribution in [-0.2, 0) is 19.1 Å². The Morgan fingerprint density at radius 3 is 2.60 bits per heavy atom. The molecule has 0 aromatic heterocycles. The van der Waals surface area contributed by atoms with Gasteiger partial charge in [-0.05, 0) is 30.9 Å². The van der Waals surface area contributed by atoms with Crippen LogP contribution in [0.4, 0.5) is 10.5 Å². The van der Waals surface area contributed by atoms with Crippen molar-refractivity contribution in [3.63, 3.8) is 0 Å². The molecule has 1 saturated carbocycles. The van der Waals surface area contributed by atoms with Gasteiger partial charge in [0.15, 0.2) is 6.61 Å². The number of urea groups is 1. The fraction of sp³-hybridized carbons (Fsp3) is 0.474. The number of carbonyl (C=O) groups excluding carboxylic acids is 4. The van der Waals surface area contributed by atoms with Crippen LogP contribution in [0.2, 0.25) is 15.1 Å². The molecule has 1 aliphatic heterocycles. The molecule has 30 heavy (non-hydrogen) atoms. The lowest BCUT2D eigenvalue weighted by Crippen LogP contribution is -2.54. The number of nitrogens with zero attached hydrogens (tertiary/aromatic N) is 1. The molecular formula is C19H20Cl3N3O5. The van der Waals surface area contributed by atoms with Gasteiger partial charge in [-0.15, -0.1) is 0 Å². The maximum atomic E-state index is 12.8. The average Bonchev–Trinajstić information content (AvgIpc) is 2.92. The first kappa shape index (κ1) is 22.7. The predicted octanol–water partition coefficient (Wildman–Crippen LogP) is 3.63. The highest BCUT2D eigenvalue weighted by Crippen LogP contribution is 2.38. The van der Waals surface area contributed by atoms with Crippen molar-refractivity contribution in [1.29, 1.82) is 0 Å². The average molecular weight is 477 g/mol. The summed E-state index contributed by atoms with van der Waals surface area (Å²) in [7, 11) is 0. The maximum Gasteiger partial charge on any atom is 0.326 e. The molecule has 162 valence electrons. The molecule has 1 aliphatic carbocycles. The summed E-state index contributed by atoms with van der Waals surface area (Å²) >= 11 is 17.7. The minimum atomic E-state index is -0.961. The van der Waals surface area contributed by atoms with Gasteiger partial charge in [0.1, 0.15) is 12.1 Å². The van der Waals surface area contributed by atoms with Gasteiger partial charge in [-0.25, -0.2) is 4.79 Å². The van der Waals surface area contributed by atoms with Gasteiger partial charge in [-0.2, -0.15) is 0 Å². The smallest absolute Gasteiger partial charge is 0.326 e. The van der Waals surface area contributed by atoms with E-state index in [1.807, 2.05) is 6.92 Å². The summed E-state index contributed by atoms with van der Waals surface area (Å²) in [4.78, 5) is 50.1. The Bertz CT molecular complexity index is 910. The van der Waals surface area contributed by atoms with Crippen LogP contribution in [-0.4, -0.2) is 47.4 Å². The van der Waals surface area contributed by atoms with Gasteiger partial charge in [0.05, 0.1) is 20.8 Å². The van der Waals surface area contributed by atoms with Gasteiger partial charge >= 0.3 is 12.0 Å². The zero-order chi connectivity index (χ0) is 22.1. The Kier molecular flexibility index (Phi) is 6.79. The largest absolute Gasteiger partial charge is 0.454 e. The van der Waals surface area contributed by atoms with E-state index < -0.39 is 42.5 Å². The zero-order valence-electron chi connectivity index (χ0n) is 16.1. The van der Waals surface area contributed by atoms with E-state index >= 15 is 0 Å². The molecule has 2 aliphatic rings. The second-order valence-electron chi connectivity index (χ2n) is 7.39. The first-order chi connectivity index (χ1) is 14.1. The number of carbonyl (C=O) groups is 4. The molecule has 2 atom stereocenters. The van der Waals surface area contributed by atoms with Gasteiger partial charge in [-0.1, -0.05) is 54.6 Å². The predicted molar refractivity (Wildman–Crippen MR) is 112 cm³/mol. The van der Waals surface area contributed by atoms with Crippen LogP contribution < -0.4 is 10.6 Å². The molecule has 1 saturated heterocycles. The minimum absolute atomic E-state index is 0.0227. The van der Waals surface area contributed by atoms with E-state index in [4.69, 9.17) is 39.5 Å². The summed E-state index contributed by atoms with van der Waals surface area (Å²) in [5.74, 6) is -2.00. The molecule has 0 bridgehead atoms. The molecule has 2 unspecified atom stereocenters. The fourth-order valence-corrected chi connectivity index (χ4v) is 4.36. The number of nitrogens with one attached hydrogen (secondary N) is 2. The SMILES string of the molecule is CC1CCCCC12NC(=O)N(CC(=O)OCC(=O)Nc1cc(Cl)c(Cl)cc1Cl)C2=O. The Morgan fingerprint density at radius 2 is 1.90 bits per heavy atom. The van der Waals surface area contributed by atoms with Crippen LogP contribution in [0.1, 0.15) is 32.6 Å². The highest BCUT2D eigenvalue weighted by atomic mass is 35.5. The summed E-state index contributed by atoms with van der Waals surface area (Å²) in [6.45, 7) is 0.720. The highest BCUT2D eigenvalue weighted by molar-refractivity contribution is 6.44. The van der Waals surface area contributed by atoms with Crippen molar-refractivity contribution in [3.8, 4) is 0 Å². The molecule has 1 heterocycles. The standard InChI is InChI=1S/C19H20Cl3N3O5/c1-10-4-2-3-5-19(10)17(28)25(18(29)24-19)8-16(27)30-9-15(26)23-14-7-12(21)11(20)6-13(14)22/h6-7,10H,2-5,8-9H2,1H3,(H,23,26)(H,24,29). The molecule has 2 fully saturated rings. The molecular weight excluding hydrogens is 457 g/mol. The molecule has 2 N–H and O–H groups in total. The third-order valence-corrected chi connectivity index (χ3v) is 6.47. The van der Waals surface area contributed by atoms with Crippen molar-refractivity contribution < 1.29 is 23.9 Å².